The number of carbonyl (C=O) groups excluding carboxylic acids is 1. The molecule has 1 N–H and O–H groups in total. The summed E-state index contributed by atoms with van der Waals surface area (Å²) in [5.41, 5.74) is 0.842. The Morgan fingerprint density at radius 3 is 2.57 bits per heavy atom. The smallest absolute Gasteiger partial charge is 0.225 e. The highest BCUT2D eigenvalue weighted by atomic mass is 32.2. The molecular weight excluding hydrogens is 214 g/mol. The predicted molar refractivity (Wildman–Crippen MR) is 65.3 cm³/mol. The summed E-state index contributed by atoms with van der Waals surface area (Å²) >= 11 is 5.68. The summed E-state index contributed by atoms with van der Waals surface area (Å²) < 4.78 is 0. The summed E-state index contributed by atoms with van der Waals surface area (Å²) in [7, 11) is 0. The van der Waals surface area contributed by atoms with Crippen LogP contribution in [0.4, 0.5) is 5.69 Å². The molecule has 0 radical (unpaired) electrons. The van der Waals surface area contributed by atoms with Gasteiger partial charge in [0.2, 0.25) is 5.91 Å². The summed E-state index contributed by atoms with van der Waals surface area (Å²) in [5, 5.41) is 2.80. The van der Waals surface area contributed by atoms with Gasteiger partial charge >= 0.3 is 0 Å². The Labute approximate surface area is 93.9 Å². The lowest BCUT2D eigenvalue weighted by Gasteiger charge is -2.04. The van der Waals surface area contributed by atoms with Gasteiger partial charge < -0.3 is 5.32 Å². The fraction of sp³-hybridized carbons (Fsp3) is 0.300. The van der Waals surface area contributed by atoms with Gasteiger partial charge in [-0.25, -0.2) is 0 Å². The van der Waals surface area contributed by atoms with Crippen LogP contribution in [0.5, 0.6) is 0 Å². The highest BCUT2D eigenvalue weighted by molar-refractivity contribution is 7.98. The van der Waals surface area contributed by atoms with E-state index in [2.05, 4.69) is 17.9 Å². The van der Waals surface area contributed by atoms with Crippen LogP contribution in [0.25, 0.3) is 0 Å². The molecule has 0 saturated heterocycles. The highest BCUT2D eigenvalue weighted by Gasteiger charge is 1.99. The van der Waals surface area contributed by atoms with Crippen molar-refractivity contribution < 1.29 is 4.79 Å². The number of thioether (sulfide) groups is 1. The minimum atomic E-state index is 0.0110. The van der Waals surface area contributed by atoms with E-state index in [9.17, 15) is 4.79 Å². The predicted octanol–water partition coefficient (Wildman–Crippen LogP) is 2.67. The molecule has 0 fully saturated rings. The molecule has 4 heteroatoms. The maximum atomic E-state index is 11.2. The second-order valence-corrected chi connectivity index (χ2v) is 4.08. The molecule has 0 heterocycles. The third-order valence-electron chi connectivity index (χ3n) is 1.71. The first-order valence-electron chi connectivity index (χ1n) is 4.31. The third kappa shape index (κ3) is 3.64. The van der Waals surface area contributed by atoms with Gasteiger partial charge in [-0.15, -0.1) is 11.8 Å². The zero-order chi connectivity index (χ0) is 10.4. The van der Waals surface area contributed by atoms with Crippen LogP contribution < -0.4 is 5.32 Å². The molecule has 0 aliphatic carbocycles. The molecule has 0 unspecified atom stereocenters. The van der Waals surface area contributed by atoms with Crippen molar-refractivity contribution in [1.82, 2.24) is 0 Å². The number of amides is 1. The van der Waals surface area contributed by atoms with E-state index in [4.69, 9.17) is 0 Å². The minimum absolute atomic E-state index is 0.0110. The molecule has 1 amide bonds. The molecule has 2 nitrogen and oxygen atoms in total. The lowest BCUT2D eigenvalue weighted by atomic mass is 10.3. The van der Waals surface area contributed by atoms with Gasteiger partial charge in [0.15, 0.2) is 0 Å². The summed E-state index contributed by atoms with van der Waals surface area (Å²) in [6, 6.07) is 7.78. The number of rotatable bonds is 4. The first-order chi connectivity index (χ1) is 6.76. The molecule has 0 aliphatic heterocycles. The molecule has 1 aromatic carbocycles. The van der Waals surface area contributed by atoms with Crippen LogP contribution in [0, 0.1) is 0 Å². The standard InChI is InChI=1S/C10H13NOS2/c1-14-9-4-2-8(3-5-9)11-10(12)6-7-13/h2-5,13H,6-7H2,1H3,(H,11,12). The van der Waals surface area contributed by atoms with Crippen molar-refractivity contribution in [2.45, 2.75) is 11.3 Å². The molecule has 14 heavy (non-hydrogen) atoms. The molecule has 0 spiro atoms. The molecule has 0 saturated carbocycles. The van der Waals surface area contributed by atoms with E-state index in [0.717, 1.165) is 5.69 Å². The summed E-state index contributed by atoms with van der Waals surface area (Å²) in [6.07, 6.45) is 2.47. The molecule has 1 rings (SSSR count). The first-order valence-corrected chi connectivity index (χ1v) is 6.16. The molecular formula is C10H13NOS2. The maximum absolute atomic E-state index is 11.2. The van der Waals surface area contributed by atoms with E-state index in [1.807, 2.05) is 30.5 Å². The summed E-state index contributed by atoms with van der Waals surface area (Å²) in [4.78, 5) is 12.4. The van der Waals surface area contributed by atoms with Crippen molar-refractivity contribution in [3.05, 3.63) is 24.3 Å². The second kappa shape index (κ2) is 5.98. The van der Waals surface area contributed by atoms with Crippen molar-refractivity contribution in [2.75, 3.05) is 17.3 Å². The number of hydrogen-bond acceptors (Lipinski definition) is 3. The largest absolute Gasteiger partial charge is 0.326 e. The first kappa shape index (κ1) is 11.5. The lowest BCUT2D eigenvalue weighted by Crippen LogP contribution is -2.11. The molecule has 0 aromatic heterocycles. The third-order valence-corrected chi connectivity index (χ3v) is 2.68. The van der Waals surface area contributed by atoms with Gasteiger partial charge in [-0.3, -0.25) is 4.79 Å². The Morgan fingerprint density at radius 2 is 2.07 bits per heavy atom. The van der Waals surface area contributed by atoms with Gasteiger partial charge in [0, 0.05) is 17.0 Å². The normalized spacial score (nSPS) is 9.86. The Kier molecular flexibility index (Phi) is 4.90. The Hall–Kier alpha value is -0.610. The van der Waals surface area contributed by atoms with Gasteiger partial charge in [-0.05, 0) is 36.3 Å². The Morgan fingerprint density at radius 1 is 1.43 bits per heavy atom. The van der Waals surface area contributed by atoms with Crippen LogP contribution in [0.3, 0.4) is 0 Å². The Bertz CT molecular complexity index is 297. The van der Waals surface area contributed by atoms with Crippen LogP contribution in [0.1, 0.15) is 6.42 Å². The number of hydrogen-bond donors (Lipinski definition) is 2. The summed E-state index contributed by atoms with van der Waals surface area (Å²) in [6.45, 7) is 0. The van der Waals surface area contributed by atoms with Crippen molar-refractivity contribution in [1.29, 1.82) is 0 Å². The van der Waals surface area contributed by atoms with Gasteiger partial charge in [0.1, 0.15) is 0 Å². The van der Waals surface area contributed by atoms with E-state index in [0.29, 0.717) is 12.2 Å². The van der Waals surface area contributed by atoms with Crippen molar-refractivity contribution in [2.24, 2.45) is 0 Å². The van der Waals surface area contributed by atoms with Crippen molar-refractivity contribution in [3.8, 4) is 0 Å². The van der Waals surface area contributed by atoms with E-state index in [1.54, 1.807) is 11.8 Å². The molecule has 1 aromatic rings. The average Bonchev–Trinajstić information content (AvgIpc) is 2.19. The van der Waals surface area contributed by atoms with Gasteiger partial charge in [-0.1, -0.05) is 0 Å². The number of nitrogens with one attached hydrogen (secondary N) is 1. The fourth-order valence-electron chi connectivity index (χ4n) is 0.999. The SMILES string of the molecule is CSc1ccc(NC(=O)CCS)cc1. The molecule has 0 bridgehead atoms. The van der Waals surface area contributed by atoms with Crippen LogP contribution in [0.2, 0.25) is 0 Å². The number of benzene rings is 1. The number of thiol groups is 1. The zero-order valence-electron chi connectivity index (χ0n) is 7.99. The average molecular weight is 227 g/mol. The number of anilines is 1. The lowest BCUT2D eigenvalue weighted by molar-refractivity contribution is -0.115. The quantitative estimate of drug-likeness (QED) is 0.611. The van der Waals surface area contributed by atoms with E-state index >= 15 is 0 Å². The van der Waals surface area contributed by atoms with Crippen molar-refractivity contribution >= 4 is 36.0 Å². The second-order valence-electron chi connectivity index (χ2n) is 2.75. The Balaban J connectivity index is 2.55. The van der Waals surface area contributed by atoms with Crippen molar-refractivity contribution in [3.63, 3.8) is 0 Å². The van der Waals surface area contributed by atoms with E-state index in [-0.39, 0.29) is 5.91 Å². The minimum Gasteiger partial charge on any atom is -0.326 e. The molecule has 76 valence electrons. The maximum Gasteiger partial charge on any atom is 0.225 e. The van der Waals surface area contributed by atoms with Crippen LogP contribution in [0.15, 0.2) is 29.2 Å². The van der Waals surface area contributed by atoms with E-state index in [1.165, 1.54) is 4.90 Å². The van der Waals surface area contributed by atoms with Gasteiger partial charge in [-0.2, -0.15) is 12.6 Å². The number of carbonyl (C=O) groups is 1. The zero-order valence-corrected chi connectivity index (χ0v) is 9.70. The van der Waals surface area contributed by atoms with Gasteiger partial charge in [0.25, 0.3) is 0 Å². The van der Waals surface area contributed by atoms with E-state index < -0.39 is 0 Å². The summed E-state index contributed by atoms with van der Waals surface area (Å²) in [5.74, 6) is 0.589. The monoisotopic (exact) mass is 227 g/mol. The topological polar surface area (TPSA) is 29.1 Å². The van der Waals surface area contributed by atoms with Crippen LogP contribution in [-0.2, 0) is 4.79 Å². The van der Waals surface area contributed by atoms with Crippen LogP contribution >= 0.6 is 24.4 Å². The molecule has 0 atom stereocenters. The van der Waals surface area contributed by atoms with Gasteiger partial charge in [0.05, 0.1) is 0 Å². The fourth-order valence-corrected chi connectivity index (χ4v) is 1.61. The van der Waals surface area contributed by atoms with Crippen LogP contribution in [-0.4, -0.2) is 17.9 Å². The highest BCUT2D eigenvalue weighted by Crippen LogP contribution is 2.17. The molecule has 0 aliphatic rings.